The first-order chi connectivity index (χ1) is 9.27. The van der Waals surface area contributed by atoms with E-state index in [9.17, 15) is 4.79 Å². The van der Waals surface area contributed by atoms with Gasteiger partial charge in [-0.1, -0.05) is 30.3 Å². The maximum Gasteiger partial charge on any atom is 0.267 e. The third-order valence-electron chi connectivity index (χ3n) is 2.47. The first kappa shape index (κ1) is 12.8. The summed E-state index contributed by atoms with van der Waals surface area (Å²) >= 11 is 0. The molecule has 0 spiro atoms. The number of nitrogens with two attached hydrogens (primary N) is 1. The van der Waals surface area contributed by atoms with Crippen LogP contribution in [0.3, 0.4) is 0 Å². The lowest BCUT2D eigenvalue weighted by Gasteiger charge is -1.97. The number of ether oxygens (including phenoxy) is 1. The van der Waals surface area contributed by atoms with Crippen molar-refractivity contribution in [3.8, 4) is 0 Å². The molecule has 1 amide bonds. The van der Waals surface area contributed by atoms with Crippen molar-refractivity contribution in [1.29, 1.82) is 0 Å². The molecule has 1 aliphatic heterocycles. The topological polar surface area (TPSA) is 65.2 Å². The summed E-state index contributed by atoms with van der Waals surface area (Å²) in [6.45, 7) is 0.733. The molecule has 0 unspecified atom stereocenters. The van der Waals surface area contributed by atoms with Crippen molar-refractivity contribution in [3.63, 3.8) is 0 Å². The number of benzene rings is 1. The molecule has 0 atom stereocenters. The van der Waals surface area contributed by atoms with Crippen molar-refractivity contribution in [2.24, 2.45) is 5.73 Å². The van der Waals surface area contributed by atoms with E-state index in [4.69, 9.17) is 10.5 Å². The second-order valence-electron chi connectivity index (χ2n) is 3.84. The second kappa shape index (κ2) is 6.35. The highest BCUT2D eigenvalue weighted by Crippen LogP contribution is 2.11. The molecule has 2 aromatic rings. The Balaban J connectivity index is 0.000000186. The fraction of sp³-hybridized carbons (Fsp3) is 0.0667. The van der Waals surface area contributed by atoms with Crippen LogP contribution in [0.1, 0.15) is 10.5 Å². The van der Waals surface area contributed by atoms with Gasteiger partial charge in [-0.05, 0) is 24.3 Å². The van der Waals surface area contributed by atoms with Crippen LogP contribution in [0.25, 0.3) is 10.9 Å². The predicted molar refractivity (Wildman–Crippen MR) is 74.5 cm³/mol. The Morgan fingerprint density at radius 2 is 2.00 bits per heavy atom. The quantitative estimate of drug-likeness (QED) is 0.850. The number of primary amides is 1. The molecule has 0 saturated heterocycles. The lowest BCUT2D eigenvalue weighted by Crippen LogP contribution is -2.12. The number of fused-ring (bicyclic) bond motifs is 1. The molecule has 2 N–H and O–H groups in total. The van der Waals surface area contributed by atoms with Gasteiger partial charge in [-0.2, -0.15) is 0 Å². The molecule has 96 valence electrons. The summed E-state index contributed by atoms with van der Waals surface area (Å²) in [4.78, 5) is 14.9. The van der Waals surface area contributed by atoms with Crippen molar-refractivity contribution in [2.45, 2.75) is 0 Å². The fourth-order valence-electron chi connectivity index (χ4n) is 1.55. The maximum atomic E-state index is 10.8. The van der Waals surface area contributed by atoms with E-state index in [1.807, 2.05) is 48.6 Å². The number of rotatable bonds is 1. The molecule has 4 heteroatoms. The van der Waals surface area contributed by atoms with Gasteiger partial charge in [0.1, 0.15) is 12.3 Å². The largest absolute Gasteiger partial charge is 0.497 e. The molecule has 4 nitrogen and oxygen atoms in total. The molecule has 0 fully saturated rings. The number of para-hydroxylation sites is 1. The van der Waals surface area contributed by atoms with Crippen LogP contribution in [-0.2, 0) is 4.74 Å². The fourth-order valence-corrected chi connectivity index (χ4v) is 1.55. The first-order valence-corrected chi connectivity index (χ1v) is 5.86. The van der Waals surface area contributed by atoms with Crippen molar-refractivity contribution >= 4 is 16.8 Å². The summed E-state index contributed by atoms with van der Waals surface area (Å²) < 4.78 is 4.80. The number of carbonyl (C=O) groups is 1. The maximum absolute atomic E-state index is 10.8. The molecule has 0 saturated carbocycles. The standard InChI is InChI=1S/C10H8N2O.C5H6O/c11-10(13)9-6-5-7-3-1-2-4-8(7)12-9;1-2-4-6-5-3-1/h1-6H,(H2,11,13);1-4H,5H2. The van der Waals surface area contributed by atoms with Crippen LogP contribution in [0.5, 0.6) is 0 Å². The number of pyridine rings is 1. The Hall–Kier alpha value is -2.62. The van der Waals surface area contributed by atoms with Crippen molar-refractivity contribution in [2.75, 3.05) is 6.61 Å². The zero-order valence-corrected chi connectivity index (χ0v) is 10.3. The third kappa shape index (κ3) is 3.67. The first-order valence-electron chi connectivity index (χ1n) is 5.86. The minimum atomic E-state index is -0.495. The van der Waals surface area contributed by atoms with Crippen LogP contribution in [-0.4, -0.2) is 17.5 Å². The summed E-state index contributed by atoms with van der Waals surface area (Å²) in [6.07, 6.45) is 7.47. The average molecular weight is 254 g/mol. The molecule has 1 aromatic carbocycles. The highest BCUT2D eigenvalue weighted by Gasteiger charge is 2.01. The van der Waals surface area contributed by atoms with Crippen molar-refractivity contribution < 1.29 is 9.53 Å². The molecule has 2 heterocycles. The van der Waals surface area contributed by atoms with Gasteiger partial charge in [-0.3, -0.25) is 4.79 Å². The summed E-state index contributed by atoms with van der Waals surface area (Å²) in [6, 6.07) is 11.1. The van der Waals surface area contributed by atoms with E-state index in [0.29, 0.717) is 5.69 Å². The van der Waals surface area contributed by atoms with Gasteiger partial charge in [0.2, 0.25) is 0 Å². The van der Waals surface area contributed by atoms with E-state index in [-0.39, 0.29) is 0 Å². The summed E-state index contributed by atoms with van der Waals surface area (Å²) in [5.74, 6) is -0.495. The number of carbonyl (C=O) groups excluding carboxylic acids is 1. The van der Waals surface area contributed by atoms with E-state index in [2.05, 4.69) is 4.98 Å². The van der Waals surface area contributed by atoms with Crippen LogP contribution in [0, 0.1) is 0 Å². The molecule has 0 aliphatic carbocycles. The normalized spacial score (nSPS) is 12.4. The van der Waals surface area contributed by atoms with Crippen molar-refractivity contribution in [1.82, 2.24) is 4.98 Å². The van der Waals surface area contributed by atoms with Gasteiger partial charge in [-0.25, -0.2) is 4.98 Å². The minimum Gasteiger partial charge on any atom is -0.497 e. The zero-order chi connectivity index (χ0) is 13.5. The van der Waals surface area contributed by atoms with E-state index >= 15 is 0 Å². The highest BCUT2D eigenvalue weighted by atomic mass is 16.5. The van der Waals surface area contributed by atoms with Gasteiger partial charge in [-0.15, -0.1) is 0 Å². The Kier molecular flexibility index (Phi) is 4.29. The molecule has 1 aliphatic rings. The molecule has 0 bridgehead atoms. The van der Waals surface area contributed by atoms with E-state index in [1.165, 1.54) is 0 Å². The molecule has 0 radical (unpaired) electrons. The monoisotopic (exact) mass is 254 g/mol. The van der Waals surface area contributed by atoms with Gasteiger partial charge >= 0.3 is 0 Å². The molecule has 1 aromatic heterocycles. The van der Waals surface area contributed by atoms with E-state index in [0.717, 1.165) is 17.5 Å². The number of allylic oxidation sites excluding steroid dienone is 2. The van der Waals surface area contributed by atoms with Gasteiger partial charge in [0, 0.05) is 5.39 Å². The van der Waals surface area contributed by atoms with E-state index < -0.39 is 5.91 Å². The third-order valence-corrected chi connectivity index (χ3v) is 2.47. The lowest BCUT2D eigenvalue weighted by atomic mass is 10.2. The summed E-state index contributed by atoms with van der Waals surface area (Å²) in [7, 11) is 0. The van der Waals surface area contributed by atoms with Crippen molar-refractivity contribution in [3.05, 3.63) is 66.6 Å². The van der Waals surface area contributed by atoms with Gasteiger partial charge in [0.05, 0.1) is 11.8 Å². The van der Waals surface area contributed by atoms with Gasteiger partial charge in [0.25, 0.3) is 5.91 Å². The number of amides is 1. The SMILES string of the molecule is C1=CCOC=C1.NC(=O)c1ccc2ccccc2n1. The van der Waals surface area contributed by atoms with Crippen LogP contribution in [0.15, 0.2) is 60.9 Å². The molecule has 19 heavy (non-hydrogen) atoms. The molecular formula is C15H14N2O2. The summed E-state index contributed by atoms with van der Waals surface area (Å²) in [5.41, 5.74) is 6.20. The molecular weight excluding hydrogens is 240 g/mol. The van der Waals surface area contributed by atoms with Gasteiger partial charge < -0.3 is 10.5 Å². The van der Waals surface area contributed by atoms with Crippen LogP contribution >= 0.6 is 0 Å². The number of hydrogen-bond donors (Lipinski definition) is 1. The van der Waals surface area contributed by atoms with E-state index in [1.54, 1.807) is 12.3 Å². The number of nitrogens with zero attached hydrogens (tertiary/aromatic N) is 1. The lowest BCUT2D eigenvalue weighted by molar-refractivity contribution is 0.0996. The van der Waals surface area contributed by atoms with Crippen LogP contribution in [0.4, 0.5) is 0 Å². The Morgan fingerprint density at radius 1 is 1.16 bits per heavy atom. The average Bonchev–Trinajstić information content (AvgIpc) is 2.49. The smallest absolute Gasteiger partial charge is 0.267 e. The second-order valence-corrected chi connectivity index (χ2v) is 3.84. The highest BCUT2D eigenvalue weighted by molar-refractivity contribution is 5.93. The number of aromatic nitrogens is 1. The Morgan fingerprint density at radius 3 is 2.58 bits per heavy atom. The Bertz CT molecular complexity index is 621. The molecule has 3 rings (SSSR count). The minimum absolute atomic E-state index is 0.304. The number of hydrogen-bond acceptors (Lipinski definition) is 3. The summed E-state index contributed by atoms with van der Waals surface area (Å²) in [5, 5.41) is 1.01. The van der Waals surface area contributed by atoms with Gasteiger partial charge in [0.15, 0.2) is 0 Å². The zero-order valence-electron chi connectivity index (χ0n) is 10.3. The van der Waals surface area contributed by atoms with Crippen LogP contribution in [0.2, 0.25) is 0 Å². The van der Waals surface area contributed by atoms with Crippen LogP contribution < -0.4 is 5.73 Å². The predicted octanol–water partition coefficient (Wildman–Crippen LogP) is 2.42. The Labute approximate surface area is 111 Å².